The second kappa shape index (κ2) is 10.6. The Morgan fingerprint density at radius 3 is 2.33 bits per heavy atom. The number of hydrogen-bond donors (Lipinski definition) is 1. The molecule has 0 heterocycles. The number of esters is 1. The molecule has 5 nitrogen and oxygen atoms in total. The highest BCUT2D eigenvalue weighted by Gasteiger charge is 2.02. The summed E-state index contributed by atoms with van der Waals surface area (Å²) < 4.78 is 10.6. The van der Waals surface area contributed by atoms with E-state index in [0.29, 0.717) is 18.0 Å². The summed E-state index contributed by atoms with van der Waals surface area (Å²) in [6, 6.07) is 14.1. The van der Waals surface area contributed by atoms with E-state index >= 15 is 0 Å². The zero-order chi connectivity index (χ0) is 19.5. The van der Waals surface area contributed by atoms with Crippen molar-refractivity contribution in [1.29, 1.82) is 0 Å². The fourth-order valence-corrected chi connectivity index (χ4v) is 2.13. The van der Waals surface area contributed by atoms with Crippen molar-refractivity contribution in [3.63, 3.8) is 0 Å². The molecule has 0 radical (unpaired) electrons. The van der Waals surface area contributed by atoms with Gasteiger partial charge in [-0.2, -0.15) is 0 Å². The van der Waals surface area contributed by atoms with Crippen LogP contribution in [0.2, 0.25) is 0 Å². The van der Waals surface area contributed by atoms with Crippen molar-refractivity contribution in [2.24, 2.45) is 0 Å². The number of nitrogens with one attached hydrogen (secondary N) is 1. The second-order valence-corrected chi connectivity index (χ2v) is 5.74. The molecule has 2 aromatic rings. The van der Waals surface area contributed by atoms with E-state index in [1.807, 2.05) is 24.3 Å². The van der Waals surface area contributed by atoms with Gasteiger partial charge >= 0.3 is 5.97 Å². The lowest BCUT2D eigenvalue weighted by atomic mass is 10.2. The van der Waals surface area contributed by atoms with Gasteiger partial charge in [0.1, 0.15) is 11.5 Å². The molecule has 0 aliphatic carbocycles. The molecule has 0 saturated carbocycles. The molecule has 0 aromatic heterocycles. The van der Waals surface area contributed by atoms with Crippen LogP contribution < -0.4 is 14.8 Å². The molecule has 2 aromatic carbocycles. The molecule has 1 amide bonds. The Labute approximate surface area is 159 Å². The number of anilines is 1. The van der Waals surface area contributed by atoms with Gasteiger partial charge in [-0.3, -0.25) is 4.79 Å². The zero-order valence-corrected chi connectivity index (χ0v) is 15.3. The van der Waals surface area contributed by atoms with Gasteiger partial charge in [-0.1, -0.05) is 32.1 Å². The Balaban J connectivity index is 1.85. The number of amides is 1. The predicted octanol–water partition coefficient (Wildman–Crippen LogP) is 4.61. The van der Waals surface area contributed by atoms with Gasteiger partial charge in [0.15, 0.2) is 0 Å². The third kappa shape index (κ3) is 7.20. The Kier molecular flexibility index (Phi) is 7.85. The first-order valence-electron chi connectivity index (χ1n) is 8.77. The van der Waals surface area contributed by atoms with Crippen LogP contribution in [0.25, 0.3) is 6.08 Å². The molecule has 0 spiro atoms. The smallest absolute Gasteiger partial charge is 0.335 e. The summed E-state index contributed by atoms with van der Waals surface area (Å²) in [6.45, 7) is 6.16. The van der Waals surface area contributed by atoms with E-state index in [0.717, 1.165) is 30.2 Å². The fraction of sp³-hybridized carbons (Fsp3) is 0.182. The minimum atomic E-state index is -0.531. The van der Waals surface area contributed by atoms with Gasteiger partial charge in [0.25, 0.3) is 0 Å². The number of benzene rings is 2. The Bertz CT molecular complexity index is 792. The van der Waals surface area contributed by atoms with Crippen LogP contribution in [-0.2, 0) is 9.59 Å². The van der Waals surface area contributed by atoms with Crippen LogP contribution >= 0.6 is 0 Å². The van der Waals surface area contributed by atoms with E-state index in [1.165, 1.54) is 6.08 Å². The average Bonchev–Trinajstić information content (AvgIpc) is 2.69. The van der Waals surface area contributed by atoms with E-state index in [9.17, 15) is 9.59 Å². The van der Waals surface area contributed by atoms with Crippen molar-refractivity contribution in [2.45, 2.75) is 19.8 Å². The lowest BCUT2D eigenvalue weighted by molar-refractivity contribution is -0.129. The van der Waals surface area contributed by atoms with Gasteiger partial charge in [0.2, 0.25) is 5.91 Å². The SMILES string of the molecule is C=CC(=O)Oc1ccc(NC(=O)C=Cc2ccc(OCCCC)cc2)cc1. The Morgan fingerprint density at radius 2 is 1.70 bits per heavy atom. The first-order valence-corrected chi connectivity index (χ1v) is 8.77. The summed E-state index contributed by atoms with van der Waals surface area (Å²) in [4.78, 5) is 23.1. The number of hydrogen-bond acceptors (Lipinski definition) is 4. The van der Waals surface area contributed by atoms with Gasteiger partial charge in [-0.05, 0) is 54.5 Å². The standard InChI is InChI=1S/C22H23NO4/c1-3-5-16-26-19-11-6-17(7-12-19)8-15-21(24)23-18-9-13-20(14-10-18)27-22(25)4-2/h4,6-15H,2-3,5,16H2,1H3,(H,23,24). The summed E-state index contributed by atoms with van der Waals surface area (Å²) >= 11 is 0. The lowest BCUT2D eigenvalue weighted by Crippen LogP contribution is -2.08. The maximum Gasteiger partial charge on any atom is 0.335 e. The number of rotatable bonds is 9. The number of carbonyl (C=O) groups is 2. The average molecular weight is 365 g/mol. The van der Waals surface area contributed by atoms with Crippen LogP contribution in [0.3, 0.4) is 0 Å². The summed E-state index contributed by atoms with van der Waals surface area (Å²) in [7, 11) is 0. The molecular weight excluding hydrogens is 342 g/mol. The topological polar surface area (TPSA) is 64.6 Å². The molecule has 0 unspecified atom stereocenters. The zero-order valence-electron chi connectivity index (χ0n) is 15.3. The van der Waals surface area contributed by atoms with Crippen molar-refractivity contribution >= 4 is 23.6 Å². The third-order valence-electron chi connectivity index (χ3n) is 3.58. The van der Waals surface area contributed by atoms with E-state index < -0.39 is 5.97 Å². The van der Waals surface area contributed by atoms with Gasteiger partial charge in [-0.25, -0.2) is 4.79 Å². The third-order valence-corrected chi connectivity index (χ3v) is 3.58. The van der Waals surface area contributed by atoms with Gasteiger partial charge < -0.3 is 14.8 Å². The number of carbonyl (C=O) groups excluding carboxylic acids is 2. The van der Waals surface area contributed by atoms with Crippen LogP contribution in [0.15, 0.2) is 67.3 Å². The van der Waals surface area contributed by atoms with Crippen molar-refractivity contribution in [3.05, 3.63) is 72.8 Å². The Hall–Kier alpha value is -3.34. The maximum absolute atomic E-state index is 12.0. The van der Waals surface area contributed by atoms with E-state index in [1.54, 1.807) is 30.3 Å². The van der Waals surface area contributed by atoms with Gasteiger partial charge in [-0.15, -0.1) is 0 Å². The molecule has 0 aliphatic rings. The Morgan fingerprint density at radius 1 is 1.04 bits per heavy atom. The molecule has 0 saturated heterocycles. The highest BCUT2D eigenvalue weighted by Crippen LogP contribution is 2.17. The monoisotopic (exact) mass is 365 g/mol. The summed E-state index contributed by atoms with van der Waals surface area (Å²) in [6.07, 6.45) is 6.40. The van der Waals surface area contributed by atoms with Gasteiger partial charge in [0.05, 0.1) is 6.61 Å². The number of unbranched alkanes of at least 4 members (excludes halogenated alkanes) is 1. The first kappa shape index (κ1) is 20.0. The van der Waals surface area contributed by atoms with Crippen LogP contribution in [-0.4, -0.2) is 18.5 Å². The normalized spacial score (nSPS) is 10.4. The van der Waals surface area contributed by atoms with Crippen LogP contribution in [0, 0.1) is 0 Å². The largest absolute Gasteiger partial charge is 0.494 e. The van der Waals surface area contributed by atoms with E-state index in [4.69, 9.17) is 9.47 Å². The number of ether oxygens (including phenoxy) is 2. The molecule has 0 fully saturated rings. The van der Waals surface area contributed by atoms with Crippen molar-refractivity contribution in [2.75, 3.05) is 11.9 Å². The van der Waals surface area contributed by atoms with E-state index in [2.05, 4.69) is 18.8 Å². The molecule has 0 aliphatic heterocycles. The van der Waals surface area contributed by atoms with Crippen LogP contribution in [0.1, 0.15) is 25.3 Å². The van der Waals surface area contributed by atoms with Crippen molar-refractivity contribution in [1.82, 2.24) is 0 Å². The van der Waals surface area contributed by atoms with Gasteiger partial charge in [0, 0.05) is 17.8 Å². The lowest BCUT2D eigenvalue weighted by Gasteiger charge is -2.05. The maximum atomic E-state index is 12.0. The molecule has 140 valence electrons. The predicted molar refractivity (Wildman–Crippen MR) is 107 cm³/mol. The minimum absolute atomic E-state index is 0.255. The fourth-order valence-electron chi connectivity index (χ4n) is 2.13. The molecule has 5 heteroatoms. The minimum Gasteiger partial charge on any atom is -0.494 e. The highest BCUT2D eigenvalue weighted by molar-refractivity contribution is 6.01. The van der Waals surface area contributed by atoms with Crippen LogP contribution in [0.4, 0.5) is 5.69 Å². The molecule has 0 bridgehead atoms. The van der Waals surface area contributed by atoms with Crippen LogP contribution in [0.5, 0.6) is 11.5 Å². The first-order chi connectivity index (χ1) is 13.1. The highest BCUT2D eigenvalue weighted by atomic mass is 16.5. The molecule has 2 rings (SSSR count). The summed E-state index contributed by atoms with van der Waals surface area (Å²) in [5.41, 5.74) is 1.50. The molecular formula is C22H23NO4. The quantitative estimate of drug-likeness (QED) is 0.305. The van der Waals surface area contributed by atoms with E-state index in [-0.39, 0.29) is 5.91 Å². The summed E-state index contributed by atoms with van der Waals surface area (Å²) in [5.74, 6) is 0.419. The summed E-state index contributed by atoms with van der Waals surface area (Å²) in [5, 5.41) is 2.74. The van der Waals surface area contributed by atoms with Crippen molar-refractivity contribution < 1.29 is 19.1 Å². The second-order valence-electron chi connectivity index (χ2n) is 5.74. The molecule has 1 N–H and O–H groups in total. The van der Waals surface area contributed by atoms with Crippen molar-refractivity contribution in [3.8, 4) is 11.5 Å². The molecule has 0 atom stereocenters. The molecule has 27 heavy (non-hydrogen) atoms.